The maximum absolute atomic E-state index is 12.4. The zero-order chi connectivity index (χ0) is 14.9. The molecule has 0 unspecified atom stereocenters. The third kappa shape index (κ3) is 3.72. The molecule has 0 aliphatic heterocycles. The molecule has 0 atom stereocenters. The number of thiophene rings is 1. The van der Waals surface area contributed by atoms with Crippen molar-refractivity contribution in [2.45, 2.75) is 37.0 Å². The lowest BCUT2D eigenvalue weighted by Gasteiger charge is -2.07. The number of halogens is 1. The van der Waals surface area contributed by atoms with Crippen LogP contribution in [0.4, 0.5) is 0 Å². The summed E-state index contributed by atoms with van der Waals surface area (Å²) in [6.07, 6.45) is 3.88. The molecule has 114 valence electrons. The first-order valence-corrected chi connectivity index (χ1v) is 9.69. The van der Waals surface area contributed by atoms with Gasteiger partial charge in [0.1, 0.15) is 0 Å². The summed E-state index contributed by atoms with van der Waals surface area (Å²) in [6, 6.07) is 2.42. The van der Waals surface area contributed by atoms with Gasteiger partial charge in [-0.1, -0.05) is 0 Å². The number of nitrogens with one attached hydrogen (secondary N) is 3. The molecule has 21 heavy (non-hydrogen) atoms. The number of H-pyrrole nitrogens is 1. The van der Waals surface area contributed by atoms with Gasteiger partial charge < -0.3 is 5.32 Å². The van der Waals surface area contributed by atoms with Gasteiger partial charge in [0.25, 0.3) is 10.0 Å². The first-order chi connectivity index (χ1) is 10.1. The molecule has 1 aliphatic rings. The Morgan fingerprint density at radius 3 is 2.90 bits per heavy atom. The van der Waals surface area contributed by atoms with Crippen LogP contribution in [-0.4, -0.2) is 24.7 Å². The topological polar surface area (TPSA) is 86.9 Å². The minimum absolute atomic E-state index is 0.142. The summed E-state index contributed by atoms with van der Waals surface area (Å²) in [5.74, 6) is 0. The molecular weight excluding hydrogens is 376 g/mol. The van der Waals surface area contributed by atoms with Crippen molar-refractivity contribution in [1.82, 2.24) is 20.2 Å². The molecule has 0 saturated heterocycles. The second-order valence-electron chi connectivity index (χ2n) is 4.90. The zero-order valence-electron chi connectivity index (χ0n) is 11.1. The van der Waals surface area contributed by atoms with Crippen molar-refractivity contribution < 1.29 is 8.42 Å². The van der Waals surface area contributed by atoms with Gasteiger partial charge >= 0.3 is 0 Å². The summed E-state index contributed by atoms with van der Waals surface area (Å²) >= 11 is 4.89. The number of nitrogens with zero attached hydrogens (tertiary/aromatic N) is 1. The van der Waals surface area contributed by atoms with Gasteiger partial charge in [-0.25, -0.2) is 13.1 Å². The Bertz CT molecular complexity index is 721. The number of sulfonamides is 1. The highest BCUT2D eigenvalue weighted by molar-refractivity contribution is 9.10. The van der Waals surface area contributed by atoms with E-state index >= 15 is 0 Å². The number of aromatic amines is 1. The van der Waals surface area contributed by atoms with E-state index in [1.54, 1.807) is 6.20 Å². The molecule has 0 bridgehead atoms. The van der Waals surface area contributed by atoms with Gasteiger partial charge in [-0.05, 0) is 40.2 Å². The van der Waals surface area contributed by atoms with E-state index in [-0.39, 0.29) is 11.6 Å². The van der Waals surface area contributed by atoms with E-state index in [4.69, 9.17) is 0 Å². The molecule has 0 aromatic carbocycles. The lowest BCUT2D eigenvalue weighted by Crippen LogP contribution is -2.25. The molecule has 2 heterocycles. The molecule has 0 spiro atoms. The molecule has 1 fully saturated rings. The van der Waals surface area contributed by atoms with E-state index < -0.39 is 10.0 Å². The lowest BCUT2D eigenvalue weighted by molar-refractivity contribution is 0.574. The normalized spacial score (nSPS) is 15.5. The fourth-order valence-electron chi connectivity index (χ4n) is 1.88. The molecule has 1 aliphatic carbocycles. The Morgan fingerprint density at radius 1 is 1.43 bits per heavy atom. The summed E-state index contributed by atoms with van der Waals surface area (Å²) in [5, 5.41) is 11.8. The van der Waals surface area contributed by atoms with Crippen LogP contribution in [0.25, 0.3) is 0 Å². The van der Waals surface area contributed by atoms with Crippen molar-refractivity contribution >= 4 is 37.3 Å². The largest absolute Gasteiger partial charge is 0.310 e. The van der Waals surface area contributed by atoms with Crippen LogP contribution in [0.15, 0.2) is 27.1 Å². The van der Waals surface area contributed by atoms with E-state index in [2.05, 4.69) is 36.2 Å². The van der Waals surface area contributed by atoms with Crippen molar-refractivity contribution in [2.24, 2.45) is 0 Å². The van der Waals surface area contributed by atoms with E-state index in [9.17, 15) is 8.42 Å². The first-order valence-electron chi connectivity index (χ1n) is 6.53. The summed E-state index contributed by atoms with van der Waals surface area (Å²) in [6.45, 7) is 0.773. The van der Waals surface area contributed by atoms with Crippen molar-refractivity contribution in [1.29, 1.82) is 0 Å². The van der Waals surface area contributed by atoms with E-state index in [1.807, 2.05) is 11.4 Å². The Labute approximate surface area is 135 Å². The fourth-order valence-corrected chi connectivity index (χ4v) is 4.53. The Balaban J connectivity index is 1.69. The Kier molecular flexibility index (Phi) is 4.46. The average molecular weight is 391 g/mol. The second-order valence-corrected chi connectivity index (χ2v) is 8.45. The molecule has 2 aromatic heterocycles. The third-order valence-electron chi connectivity index (χ3n) is 3.22. The minimum Gasteiger partial charge on any atom is -0.310 e. The van der Waals surface area contributed by atoms with Crippen molar-refractivity contribution in [3.63, 3.8) is 0 Å². The predicted molar refractivity (Wildman–Crippen MR) is 84.5 cm³/mol. The Morgan fingerprint density at radius 2 is 2.24 bits per heavy atom. The first kappa shape index (κ1) is 15.2. The van der Waals surface area contributed by atoms with Gasteiger partial charge in [0, 0.05) is 34.0 Å². The monoisotopic (exact) mass is 390 g/mol. The smallest absolute Gasteiger partial charge is 0.258 e. The van der Waals surface area contributed by atoms with Crippen molar-refractivity contribution in [3.8, 4) is 0 Å². The summed E-state index contributed by atoms with van der Waals surface area (Å²) in [5.41, 5.74) is 0.666. The van der Waals surface area contributed by atoms with Crippen LogP contribution in [0.2, 0.25) is 0 Å². The SMILES string of the molecule is O=S(=O)(NCc1sccc1Br)c1[nH]ncc1CNC1CC1. The number of aromatic nitrogens is 2. The molecule has 3 N–H and O–H groups in total. The van der Waals surface area contributed by atoms with Crippen LogP contribution in [0, 0.1) is 0 Å². The second kappa shape index (κ2) is 6.17. The van der Waals surface area contributed by atoms with Gasteiger partial charge in [-0.2, -0.15) is 5.10 Å². The number of rotatable bonds is 7. The van der Waals surface area contributed by atoms with Crippen LogP contribution in [0.5, 0.6) is 0 Å². The maximum Gasteiger partial charge on any atom is 0.258 e. The lowest BCUT2D eigenvalue weighted by atomic mass is 10.3. The van der Waals surface area contributed by atoms with Gasteiger partial charge in [-0.3, -0.25) is 5.10 Å². The van der Waals surface area contributed by atoms with E-state index in [1.165, 1.54) is 11.3 Å². The zero-order valence-corrected chi connectivity index (χ0v) is 14.3. The van der Waals surface area contributed by atoms with Crippen molar-refractivity contribution in [3.05, 3.63) is 32.6 Å². The Hall–Kier alpha value is -0.740. The van der Waals surface area contributed by atoms with E-state index in [0.717, 1.165) is 22.2 Å². The van der Waals surface area contributed by atoms with E-state index in [0.29, 0.717) is 18.2 Å². The van der Waals surface area contributed by atoms with Gasteiger partial charge in [0.2, 0.25) is 0 Å². The highest BCUT2D eigenvalue weighted by Crippen LogP contribution is 2.23. The summed E-state index contributed by atoms with van der Waals surface area (Å²) in [4.78, 5) is 0.941. The molecule has 9 heteroatoms. The predicted octanol–water partition coefficient (Wildman–Crippen LogP) is 1.96. The maximum atomic E-state index is 12.4. The number of hydrogen-bond donors (Lipinski definition) is 3. The van der Waals surface area contributed by atoms with Gasteiger partial charge in [-0.15, -0.1) is 11.3 Å². The third-order valence-corrected chi connectivity index (χ3v) is 6.56. The molecular formula is C12H15BrN4O2S2. The van der Waals surface area contributed by atoms with Crippen LogP contribution in [0.1, 0.15) is 23.3 Å². The van der Waals surface area contributed by atoms with Crippen LogP contribution in [-0.2, 0) is 23.1 Å². The summed E-state index contributed by atoms with van der Waals surface area (Å²) in [7, 11) is -3.59. The minimum atomic E-state index is -3.59. The van der Waals surface area contributed by atoms with Gasteiger partial charge in [0.05, 0.1) is 6.20 Å². The highest BCUT2D eigenvalue weighted by atomic mass is 79.9. The summed E-state index contributed by atoms with van der Waals surface area (Å²) < 4.78 is 28.2. The highest BCUT2D eigenvalue weighted by Gasteiger charge is 2.24. The number of hydrogen-bond acceptors (Lipinski definition) is 5. The molecule has 0 amide bonds. The molecule has 6 nitrogen and oxygen atoms in total. The molecule has 0 radical (unpaired) electrons. The van der Waals surface area contributed by atoms with Crippen LogP contribution >= 0.6 is 27.3 Å². The van der Waals surface area contributed by atoms with Crippen LogP contribution in [0.3, 0.4) is 0 Å². The van der Waals surface area contributed by atoms with Crippen LogP contribution < -0.4 is 10.0 Å². The molecule has 2 aromatic rings. The van der Waals surface area contributed by atoms with Gasteiger partial charge in [0.15, 0.2) is 5.03 Å². The van der Waals surface area contributed by atoms with Crippen molar-refractivity contribution in [2.75, 3.05) is 0 Å². The standard InChI is InChI=1S/C12H15BrN4O2S2/c13-10-3-4-20-11(10)7-16-21(18,19)12-8(6-15-17-12)5-14-9-1-2-9/h3-4,6,9,14,16H,1-2,5,7H2,(H,15,17). The molecule has 1 saturated carbocycles. The average Bonchev–Trinajstić information content (AvgIpc) is 2.98. The quantitative estimate of drug-likeness (QED) is 0.674. The fraction of sp³-hybridized carbons (Fsp3) is 0.417. The molecule has 3 rings (SSSR count).